The minimum Gasteiger partial charge on any atom is -0.497 e. The van der Waals surface area contributed by atoms with E-state index in [0.29, 0.717) is 16.3 Å². The number of nitrogens with one attached hydrogen (secondary N) is 2. The number of carbonyl (C=O) groups excluding carboxylic acids is 3. The van der Waals surface area contributed by atoms with Gasteiger partial charge in [0.2, 0.25) is 0 Å². The van der Waals surface area contributed by atoms with Gasteiger partial charge in [-0.3, -0.25) is 19.9 Å². The van der Waals surface area contributed by atoms with Crippen LogP contribution >= 0.6 is 0 Å². The predicted molar refractivity (Wildman–Crippen MR) is 107 cm³/mol. The third-order valence-electron chi connectivity index (χ3n) is 4.96. The van der Waals surface area contributed by atoms with Crippen LogP contribution in [-0.4, -0.2) is 48.5 Å². The maximum atomic E-state index is 13.8. The monoisotopic (exact) mass is 432 g/mol. The summed E-state index contributed by atoms with van der Waals surface area (Å²) < 4.78 is 31.9. The number of amides is 4. The first-order chi connectivity index (χ1) is 14.6. The molecule has 0 aromatic heterocycles. The molecular weight excluding hydrogens is 410 g/mol. The van der Waals surface area contributed by atoms with Gasteiger partial charge in [0.15, 0.2) is 0 Å². The van der Waals surface area contributed by atoms with Crippen LogP contribution in [0.25, 0.3) is 0 Å². The van der Waals surface area contributed by atoms with Gasteiger partial charge in [0.25, 0.3) is 11.8 Å². The van der Waals surface area contributed by atoms with Crippen molar-refractivity contribution in [1.82, 2.24) is 20.7 Å². The number of rotatable bonds is 7. The summed E-state index contributed by atoms with van der Waals surface area (Å²) in [5.74, 6) is -2.12. The Morgan fingerprint density at radius 3 is 2.48 bits per heavy atom. The minimum absolute atomic E-state index is 0.0310. The van der Waals surface area contributed by atoms with Gasteiger partial charge in [-0.1, -0.05) is 18.2 Å². The Morgan fingerprint density at radius 2 is 1.87 bits per heavy atom. The van der Waals surface area contributed by atoms with Crippen molar-refractivity contribution in [2.45, 2.75) is 19.0 Å². The van der Waals surface area contributed by atoms with E-state index in [1.165, 1.54) is 25.0 Å². The normalized spacial score (nSPS) is 18.3. The number of likely N-dealkylation sites (N-methyl/N-ethyl adjacent to an activating group) is 1. The Morgan fingerprint density at radius 1 is 1.19 bits per heavy atom. The van der Waals surface area contributed by atoms with E-state index in [1.54, 1.807) is 31.3 Å². The fourth-order valence-electron chi connectivity index (χ4n) is 3.26. The summed E-state index contributed by atoms with van der Waals surface area (Å²) in [7, 11) is 3.06. The van der Waals surface area contributed by atoms with E-state index in [9.17, 15) is 23.2 Å². The van der Waals surface area contributed by atoms with Crippen LogP contribution in [-0.2, 0) is 21.7 Å². The van der Waals surface area contributed by atoms with Crippen molar-refractivity contribution in [3.05, 3.63) is 65.2 Å². The van der Waals surface area contributed by atoms with E-state index in [0.717, 1.165) is 12.1 Å². The van der Waals surface area contributed by atoms with Gasteiger partial charge < -0.3 is 10.1 Å². The maximum absolute atomic E-state index is 13.8. The van der Waals surface area contributed by atoms with E-state index in [2.05, 4.69) is 10.7 Å². The second-order valence-corrected chi connectivity index (χ2v) is 7.37. The molecule has 1 aliphatic heterocycles. The first kappa shape index (κ1) is 22.2. The Hall–Kier alpha value is -3.53. The van der Waals surface area contributed by atoms with Crippen molar-refractivity contribution in [2.24, 2.45) is 0 Å². The number of methoxy groups -OCH3 is 1. The average molecular weight is 432 g/mol. The number of hydrazine groups is 1. The molecule has 1 unspecified atom stereocenters. The van der Waals surface area contributed by atoms with Crippen molar-refractivity contribution in [1.29, 1.82) is 0 Å². The molecule has 1 aliphatic rings. The highest BCUT2D eigenvalue weighted by molar-refractivity contribution is 6.08. The summed E-state index contributed by atoms with van der Waals surface area (Å²) in [6, 6.07) is 9.01. The Bertz CT molecular complexity index is 1010. The molecule has 1 fully saturated rings. The third-order valence-corrected chi connectivity index (χ3v) is 4.96. The lowest BCUT2D eigenvalue weighted by molar-refractivity contribution is -0.139. The molecule has 31 heavy (non-hydrogen) atoms. The summed E-state index contributed by atoms with van der Waals surface area (Å²) in [4.78, 5) is 39.0. The summed E-state index contributed by atoms with van der Waals surface area (Å²) in [5, 5.41) is 3.20. The van der Waals surface area contributed by atoms with Gasteiger partial charge in [-0.15, -0.1) is 0 Å². The Kier molecular flexibility index (Phi) is 6.21. The molecule has 0 aliphatic carbocycles. The number of nitrogens with zero attached hydrogens (tertiary/aromatic N) is 2. The van der Waals surface area contributed by atoms with Crippen LogP contribution in [0.1, 0.15) is 18.1 Å². The molecule has 1 heterocycles. The highest BCUT2D eigenvalue weighted by Gasteiger charge is 2.50. The predicted octanol–water partition coefficient (Wildman–Crippen LogP) is 1.90. The van der Waals surface area contributed by atoms with E-state index < -0.39 is 35.0 Å². The van der Waals surface area contributed by atoms with Crippen LogP contribution in [0.15, 0.2) is 42.5 Å². The lowest BCUT2D eigenvalue weighted by atomic mass is 9.92. The molecule has 1 atom stereocenters. The summed E-state index contributed by atoms with van der Waals surface area (Å²) in [6.07, 6.45) is 0. The smallest absolute Gasteiger partial charge is 0.344 e. The van der Waals surface area contributed by atoms with Crippen LogP contribution in [0.5, 0.6) is 5.75 Å². The van der Waals surface area contributed by atoms with Crippen LogP contribution in [0.4, 0.5) is 13.6 Å². The average Bonchev–Trinajstić information content (AvgIpc) is 2.94. The number of carbonyl (C=O) groups is 3. The van der Waals surface area contributed by atoms with Crippen molar-refractivity contribution < 1.29 is 27.9 Å². The Balaban J connectivity index is 1.64. The SMILES string of the molecule is COc1ccc(C2(C)NC(=O)N(NC(=O)CN(C)Cc3ccc(F)cc3F)C2=O)cc1. The number of halogens is 2. The molecule has 3 rings (SSSR count). The highest BCUT2D eigenvalue weighted by atomic mass is 19.1. The van der Waals surface area contributed by atoms with Gasteiger partial charge in [0, 0.05) is 18.2 Å². The zero-order chi connectivity index (χ0) is 22.8. The van der Waals surface area contributed by atoms with Crippen molar-refractivity contribution in [3.8, 4) is 5.75 Å². The molecule has 0 spiro atoms. The first-order valence-electron chi connectivity index (χ1n) is 9.37. The summed E-state index contributed by atoms with van der Waals surface area (Å²) >= 11 is 0. The van der Waals surface area contributed by atoms with Crippen LogP contribution < -0.4 is 15.5 Å². The van der Waals surface area contributed by atoms with Gasteiger partial charge in [0.1, 0.15) is 22.9 Å². The van der Waals surface area contributed by atoms with Gasteiger partial charge >= 0.3 is 6.03 Å². The van der Waals surface area contributed by atoms with Gasteiger partial charge in [-0.05, 0) is 37.7 Å². The molecule has 0 saturated carbocycles. The van der Waals surface area contributed by atoms with E-state index in [-0.39, 0.29) is 18.7 Å². The topological polar surface area (TPSA) is 91.0 Å². The minimum atomic E-state index is -1.36. The van der Waals surface area contributed by atoms with Gasteiger partial charge in [-0.25, -0.2) is 13.6 Å². The molecule has 0 radical (unpaired) electrons. The van der Waals surface area contributed by atoms with Crippen LogP contribution in [0.2, 0.25) is 0 Å². The molecular formula is C21H22F2N4O4. The Labute approximate surface area is 177 Å². The molecule has 1 saturated heterocycles. The number of imide groups is 1. The molecule has 2 aromatic rings. The second kappa shape index (κ2) is 8.68. The number of ether oxygens (including phenoxy) is 1. The lowest BCUT2D eigenvalue weighted by Gasteiger charge is -2.23. The second-order valence-electron chi connectivity index (χ2n) is 7.37. The summed E-state index contributed by atoms with van der Waals surface area (Å²) in [5.41, 5.74) is 1.65. The van der Waals surface area contributed by atoms with Crippen molar-refractivity contribution >= 4 is 17.8 Å². The quantitative estimate of drug-likeness (QED) is 0.653. The largest absolute Gasteiger partial charge is 0.497 e. The number of hydrogen-bond donors (Lipinski definition) is 2. The molecule has 2 aromatic carbocycles. The zero-order valence-corrected chi connectivity index (χ0v) is 17.2. The molecule has 10 heteroatoms. The van der Waals surface area contributed by atoms with E-state index >= 15 is 0 Å². The van der Waals surface area contributed by atoms with E-state index in [4.69, 9.17) is 4.74 Å². The fraction of sp³-hybridized carbons (Fsp3) is 0.286. The maximum Gasteiger partial charge on any atom is 0.344 e. The number of hydrogen-bond acceptors (Lipinski definition) is 5. The molecule has 4 amide bonds. The molecule has 8 nitrogen and oxygen atoms in total. The van der Waals surface area contributed by atoms with Gasteiger partial charge in [0.05, 0.1) is 13.7 Å². The van der Waals surface area contributed by atoms with Crippen LogP contribution in [0.3, 0.4) is 0 Å². The van der Waals surface area contributed by atoms with Crippen LogP contribution in [0, 0.1) is 11.6 Å². The first-order valence-corrected chi connectivity index (χ1v) is 9.37. The lowest BCUT2D eigenvalue weighted by Crippen LogP contribution is -2.50. The van der Waals surface area contributed by atoms with Crippen molar-refractivity contribution in [2.75, 3.05) is 20.7 Å². The van der Waals surface area contributed by atoms with Gasteiger partial charge in [-0.2, -0.15) is 5.01 Å². The van der Waals surface area contributed by atoms with Crippen molar-refractivity contribution in [3.63, 3.8) is 0 Å². The number of urea groups is 1. The number of benzene rings is 2. The third kappa shape index (κ3) is 4.64. The highest BCUT2D eigenvalue weighted by Crippen LogP contribution is 2.29. The molecule has 0 bridgehead atoms. The standard InChI is InChI=1S/C21H22F2N4O4/c1-21(14-5-8-16(31-3)9-6-14)19(29)27(20(30)24-21)25-18(28)12-26(2)11-13-4-7-15(22)10-17(13)23/h4-10H,11-12H2,1-3H3,(H,24,30)(H,25,28). The summed E-state index contributed by atoms with van der Waals surface area (Å²) in [6.45, 7) is 1.33. The fourth-order valence-corrected chi connectivity index (χ4v) is 3.26. The molecule has 164 valence electrons. The zero-order valence-electron chi connectivity index (χ0n) is 17.2. The van der Waals surface area contributed by atoms with E-state index in [1.807, 2.05) is 0 Å². The molecule has 2 N–H and O–H groups in total.